The summed E-state index contributed by atoms with van der Waals surface area (Å²) in [6.45, 7) is 10.1. The second kappa shape index (κ2) is 7.09. The number of carbonyl (C=O) groups excluding carboxylic acids is 1. The van der Waals surface area contributed by atoms with E-state index >= 15 is 0 Å². The maximum Gasteiger partial charge on any atom is 0.159 e. The number of Topliss-reactive ketones (excluding diaryl/α,β-unsaturated/α-hetero) is 1. The molecule has 0 unspecified atom stereocenters. The number of hydrogen-bond acceptors (Lipinski definition) is 5. The van der Waals surface area contributed by atoms with Crippen molar-refractivity contribution in [1.82, 2.24) is 15.1 Å². The average molecular weight is 324 g/mol. The second-order valence-corrected chi connectivity index (χ2v) is 6.53. The third-order valence-corrected chi connectivity index (χ3v) is 4.61. The Labute approximate surface area is 143 Å². The molecule has 24 heavy (non-hydrogen) atoms. The zero-order valence-electron chi connectivity index (χ0n) is 14.6. The van der Waals surface area contributed by atoms with Crippen LogP contribution in [0.2, 0.25) is 0 Å². The van der Waals surface area contributed by atoms with E-state index in [2.05, 4.69) is 33.8 Å². The van der Waals surface area contributed by atoms with Crippen LogP contribution in [0.1, 0.15) is 31.1 Å². The normalized spacial score (nSPS) is 15.8. The molecule has 5 nitrogen and oxygen atoms in total. The van der Waals surface area contributed by atoms with Gasteiger partial charge >= 0.3 is 0 Å². The van der Waals surface area contributed by atoms with Crippen LogP contribution in [0.25, 0.3) is 11.3 Å². The van der Waals surface area contributed by atoms with Crippen LogP contribution in [0.5, 0.6) is 0 Å². The molecule has 0 amide bonds. The Balaban J connectivity index is 1.68. The summed E-state index contributed by atoms with van der Waals surface area (Å²) < 4.78 is 0. The number of rotatable bonds is 4. The van der Waals surface area contributed by atoms with Gasteiger partial charge in [0.2, 0.25) is 0 Å². The van der Waals surface area contributed by atoms with Crippen molar-refractivity contribution in [2.24, 2.45) is 0 Å². The predicted octanol–water partition coefficient (Wildman–Crippen LogP) is 2.88. The number of piperazine rings is 1. The van der Waals surface area contributed by atoms with Crippen LogP contribution in [0.4, 0.5) is 5.82 Å². The molecule has 0 aliphatic carbocycles. The molecule has 1 fully saturated rings. The molecule has 1 aromatic carbocycles. The van der Waals surface area contributed by atoms with E-state index in [0.717, 1.165) is 43.3 Å². The van der Waals surface area contributed by atoms with Crippen molar-refractivity contribution in [3.05, 3.63) is 42.0 Å². The zero-order valence-corrected chi connectivity index (χ0v) is 14.6. The molecular formula is C19H24N4O. The summed E-state index contributed by atoms with van der Waals surface area (Å²) in [6.07, 6.45) is 0. The van der Waals surface area contributed by atoms with Gasteiger partial charge in [0.05, 0.1) is 5.69 Å². The molecule has 126 valence electrons. The van der Waals surface area contributed by atoms with Crippen molar-refractivity contribution < 1.29 is 4.79 Å². The minimum absolute atomic E-state index is 0.0727. The molecule has 2 aromatic rings. The summed E-state index contributed by atoms with van der Waals surface area (Å²) in [5.74, 6) is 1.01. The molecule has 0 atom stereocenters. The van der Waals surface area contributed by atoms with E-state index in [1.54, 1.807) is 6.92 Å². The lowest BCUT2D eigenvalue weighted by atomic mass is 10.1. The van der Waals surface area contributed by atoms with Gasteiger partial charge in [-0.3, -0.25) is 9.69 Å². The standard InChI is InChI=1S/C19H24N4O/c1-14(2)22-10-12-23(13-11-22)19-9-8-18(20-21-19)17-6-4-16(5-7-17)15(3)24/h4-9,14H,10-13H2,1-3H3. The molecule has 3 rings (SSSR count). The quantitative estimate of drug-likeness (QED) is 0.810. The monoisotopic (exact) mass is 324 g/mol. The molecule has 1 aromatic heterocycles. The molecule has 0 N–H and O–H groups in total. The fourth-order valence-electron chi connectivity index (χ4n) is 2.99. The Morgan fingerprint density at radius 2 is 1.62 bits per heavy atom. The lowest BCUT2D eigenvalue weighted by molar-refractivity contribution is 0.101. The lowest BCUT2D eigenvalue weighted by Crippen LogP contribution is -2.49. The molecule has 1 aliphatic heterocycles. The number of hydrogen-bond donors (Lipinski definition) is 0. The summed E-state index contributed by atoms with van der Waals surface area (Å²) in [7, 11) is 0. The molecule has 0 radical (unpaired) electrons. The van der Waals surface area contributed by atoms with Gasteiger partial charge in [0.25, 0.3) is 0 Å². The van der Waals surface area contributed by atoms with Crippen molar-refractivity contribution in [3.63, 3.8) is 0 Å². The zero-order chi connectivity index (χ0) is 17.1. The smallest absolute Gasteiger partial charge is 0.159 e. The van der Waals surface area contributed by atoms with E-state index in [4.69, 9.17) is 0 Å². The van der Waals surface area contributed by atoms with Gasteiger partial charge in [0, 0.05) is 43.3 Å². The first kappa shape index (κ1) is 16.6. The van der Waals surface area contributed by atoms with Gasteiger partial charge in [-0.05, 0) is 32.9 Å². The number of carbonyl (C=O) groups is 1. The van der Waals surface area contributed by atoms with E-state index in [-0.39, 0.29) is 5.78 Å². The van der Waals surface area contributed by atoms with Gasteiger partial charge in [-0.15, -0.1) is 10.2 Å². The summed E-state index contributed by atoms with van der Waals surface area (Å²) in [5.41, 5.74) is 2.52. The van der Waals surface area contributed by atoms with Crippen LogP contribution in [0.15, 0.2) is 36.4 Å². The summed E-state index contributed by atoms with van der Waals surface area (Å²) in [4.78, 5) is 16.1. The van der Waals surface area contributed by atoms with E-state index in [1.165, 1.54) is 0 Å². The number of nitrogens with zero attached hydrogens (tertiary/aromatic N) is 4. The topological polar surface area (TPSA) is 49.3 Å². The third-order valence-electron chi connectivity index (χ3n) is 4.61. The third kappa shape index (κ3) is 3.62. The van der Waals surface area contributed by atoms with Crippen LogP contribution in [-0.4, -0.2) is 53.1 Å². The van der Waals surface area contributed by atoms with E-state index in [1.807, 2.05) is 36.4 Å². The van der Waals surface area contributed by atoms with Crippen molar-refractivity contribution in [1.29, 1.82) is 0 Å². The molecular weight excluding hydrogens is 300 g/mol. The summed E-state index contributed by atoms with van der Waals surface area (Å²) >= 11 is 0. The Morgan fingerprint density at radius 3 is 2.12 bits per heavy atom. The van der Waals surface area contributed by atoms with Crippen molar-refractivity contribution in [3.8, 4) is 11.3 Å². The van der Waals surface area contributed by atoms with Gasteiger partial charge in [-0.25, -0.2) is 0 Å². The van der Waals surface area contributed by atoms with Crippen molar-refractivity contribution in [2.45, 2.75) is 26.8 Å². The molecule has 1 aliphatic rings. The minimum atomic E-state index is 0.0727. The van der Waals surface area contributed by atoms with Gasteiger partial charge in [-0.2, -0.15) is 0 Å². The van der Waals surface area contributed by atoms with E-state index < -0.39 is 0 Å². The molecule has 2 heterocycles. The first-order chi connectivity index (χ1) is 11.5. The van der Waals surface area contributed by atoms with Crippen molar-refractivity contribution >= 4 is 11.6 Å². The first-order valence-corrected chi connectivity index (χ1v) is 8.48. The van der Waals surface area contributed by atoms with Crippen LogP contribution in [-0.2, 0) is 0 Å². The highest BCUT2D eigenvalue weighted by molar-refractivity contribution is 5.94. The largest absolute Gasteiger partial charge is 0.353 e. The Kier molecular flexibility index (Phi) is 4.90. The Morgan fingerprint density at radius 1 is 0.958 bits per heavy atom. The number of anilines is 1. The fraction of sp³-hybridized carbons (Fsp3) is 0.421. The van der Waals surface area contributed by atoms with Gasteiger partial charge in [0.1, 0.15) is 0 Å². The maximum atomic E-state index is 11.3. The lowest BCUT2D eigenvalue weighted by Gasteiger charge is -2.37. The predicted molar refractivity (Wildman–Crippen MR) is 96.4 cm³/mol. The molecule has 0 spiro atoms. The number of ketones is 1. The van der Waals surface area contributed by atoms with Crippen molar-refractivity contribution in [2.75, 3.05) is 31.1 Å². The van der Waals surface area contributed by atoms with Crippen LogP contribution < -0.4 is 4.90 Å². The molecule has 0 saturated carbocycles. The maximum absolute atomic E-state index is 11.3. The molecule has 5 heteroatoms. The average Bonchev–Trinajstić information content (AvgIpc) is 2.62. The Hall–Kier alpha value is -2.27. The van der Waals surface area contributed by atoms with Gasteiger partial charge in [-0.1, -0.05) is 24.3 Å². The van der Waals surface area contributed by atoms with Crippen LogP contribution in [0.3, 0.4) is 0 Å². The van der Waals surface area contributed by atoms with Crippen LogP contribution >= 0.6 is 0 Å². The molecule has 0 bridgehead atoms. The highest BCUT2D eigenvalue weighted by Crippen LogP contribution is 2.20. The van der Waals surface area contributed by atoms with E-state index in [0.29, 0.717) is 11.6 Å². The van der Waals surface area contributed by atoms with Gasteiger partial charge in [0.15, 0.2) is 11.6 Å². The fourth-order valence-corrected chi connectivity index (χ4v) is 2.99. The van der Waals surface area contributed by atoms with Gasteiger partial charge < -0.3 is 4.90 Å². The summed E-state index contributed by atoms with van der Waals surface area (Å²) in [5, 5.41) is 8.76. The summed E-state index contributed by atoms with van der Waals surface area (Å²) in [6, 6.07) is 12.1. The molecule has 1 saturated heterocycles. The highest BCUT2D eigenvalue weighted by atomic mass is 16.1. The number of benzene rings is 1. The van der Waals surface area contributed by atoms with E-state index in [9.17, 15) is 4.79 Å². The highest BCUT2D eigenvalue weighted by Gasteiger charge is 2.19. The Bertz CT molecular complexity index is 686. The number of aromatic nitrogens is 2. The first-order valence-electron chi connectivity index (χ1n) is 8.48. The minimum Gasteiger partial charge on any atom is -0.353 e. The second-order valence-electron chi connectivity index (χ2n) is 6.53. The van der Waals surface area contributed by atoms with Crippen LogP contribution in [0, 0.1) is 0 Å². The SMILES string of the molecule is CC(=O)c1ccc(-c2ccc(N3CCN(C(C)C)CC3)nn2)cc1.